The number of carbonyl (C=O) groups is 1. The number of isothiocyanates is 1. The van der Waals surface area contributed by atoms with Crippen LogP contribution in [0.4, 0.5) is 27.5 Å². The number of aliphatic imine (C=N–C) groups is 2. The SMILES string of the molecule is N=C(Nc1ccc(N=C=S)cc1)SS/C=N/c1ccc(NC(=O)OCC2c3ccccc3-c3ccccc32)cc1. The molecule has 5 rings (SSSR count). The highest BCUT2D eigenvalue weighted by Crippen LogP contribution is 2.44. The summed E-state index contributed by atoms with van der Waals surface area (Å²) in [5.41, 5.74) is 9.21. The summed E-state index contributed by atoms with van der Waals surface area (Å²) < 4.78 is 5.61. The number of anilines is 2. The molecule has 4 aromatic carbocycles. The van der Waals surface area contributed by atoms with Gasteiger partial charge in [0.25, 0.3) is 0 Å². The van der Waals surface area contributed by atoms with Crippen LogP contribution in [0.1, 0.15) is 17.0 Å². The number of fused-ring (bicyclic) bond motifs is 3. The second-order valence-corrected chi connectivity index (χ2v) is 10.9. The minimum atomic E-state index is -0.503. The van der Waals surface area contributed by atoms with E-state index in [1.165, 1.54) is 43.8 Å². The number of thiocarbonyl (C=S) groups is 1. The van der Waals surface area contributed by atoms with Gasteiger partial charge in [-0.25, -0.2) is 9.79 Å². The molecule has 0 saturated carbocycles. The van der Waals surface area contributed by atoms with E-state index in [1.807, 2.05) is 36.4 Å². The van der Waals surface area contributed by atoms with Crippen molar-refractivity contribution in [1.29, 1.82) is 5.41 Å². The number of rotatable bonds is 8. The molecule has 1 aliphatic carbocycles. The second-order valence-electron chi connectivity index (χ2n) is 8.62. The normalized spacial score (nSPS) is 11.8. The van der Waals surface area contributed by atoms with Crippen LogP contribution in [0.15, 0.2) is 107 Å². The molecule has 0 aliphatic heterocycles. The van der Waals surface area contributed by atoms with Gasteiger partial charge in [-0.05, 0) is 105 Å². The lowest BCUT2D eigenvalue weighted by molar-refractivity contribution is 0.158. The second kappa shape index (κ2) is 13.2. The molecule has 10 heteroatoms. The Morgan fingerprint density at radius 1 is 0.875 bits per heavy atom. The van der Waals surface area contributed by atoms with E-state index in [4.69, 9.17) is 10.1 Å². The number of carbonyl (C=O) groups excluding carboxylic acids is 1. The third-order valence-corrected chi connectivity index (χ3v) is 7.83. The summed E-state index contributed by atoms with van der Waals surface area (Å²) in [4.78, 5) is 20.8. The molecule has 0 bridgehead atoms. The van der Waals surface area contributed by atoms with Crippen LogP contribution in [-0.2, 0) is 4.74 Å². The summed E-state index contributed by atoms with van der Waals surface area (Å²) in [5.74, 6) is 0.0121. The molecule has 0 radical (unpaired) electrons. The molecule has 198 valence electrons. The van der Waals surface area contributed by atoms with Gasteiger partial charge in [0.15, 0.2) is 5.17 Å². The first-order valence-corrected chi connectivity index (χ1v) is 14.8. The van der Waals surface area contributed by atoms with Gasteiger partial charge in [0.1, 0.15) is 6.61 Å². The van der Waals surface area contributed by atoms with Gasteiger partial charge in [-0.2, -0.15) is 4.99 Å². The highest BCUT2D eigenvalue weighted by atomic mass is 33.1. The molecule has 0 heterocycles. The monoisotopic (exact) mass is 581 g/mol. The van der Waals surface area contributed by atoms with E-state index in [0.29, 0.717) is 11.4 Å². The maximum atomic E-state index is 12.5. The van der Waals surface area contributed by atoms with Crippen molar-refractivity contribution < 1.29 is 9.53 Å². The van der Waals surface area contributed by atoms with E-state index < -0.39 is 6.09 Å². The Balaban J connectivity index is 1.07. The van der Waals surface area contributed by atoms with Crippen LogP contribution in [0.2, 0.25) is 0 Å². The predicted molar refractivity (Wildman–Crippen MR) is 171 cm³/mol. The van der Waals surface area contributed by atoms with Crippen molar-refractivity contribution in [2.24, 2.45) is 9.98 Å². The first-order chi connectivity index (χ1) is 19.6. The van der Waals surface area contributed by atoms with Gasteiger partial charge in [0, 0.05) is 17.3 Å². The zero-order chi connectivity index (χ0) is 27.7. The number of nitrogens with one attached hydrogen (secondary N) is 3. The average molecular weight is 582 g/mol. The standard InChI is InChI=1S/C30H23N5O2S3/c31-29(34-22-13-9-20(10-14-22)32-18-38)40-39-19-33-21-11-15-23(16-12-21)35-30(36)37-17-28-26-7-3-1-5-24(26)25-6-2-4-8-27(25)28/h1-16,19,28H,17H2,(H2,31,34)(H,35,36)/b33-19+. The Labute approximate surface area is 245 Å². The van der Waals surface area contributed by atoms with E-state index in [2.05, 4.69) is 62.3 Å². The molecule has 0 spiro atoms. The van der Waals surface area contributed by atoms with Crippen molar-refractivity contribution in [1.82, 2.24) is 0 Å². The van der Waals surface area contributed by atoms with Gasteiger partial charge in [-0.15, -0.1) is 0 Å². The Bertz CT molecular complexity index is 1560. The zero-order valence-corrected chi connectivity index (χ0v) is 23.5. The van der Waals surface area contributed by atoms with Gasteiger partial charge >= 0.3 is 6.09 Å². The molecule has 1 amide bonds. The zero-order valence-electron chi connectivity index (χ0n) is 21.0. The van der Waals surface area contributed by atoms with Crippen LogP contribution >= 0.6 is 33.8 Å². The lowest BCUT2D eigenvalue weighted by Gasteiger charge is -2.14. The Morgan fingerprint density at radius 2 is 1.45 bits per heavy atom. The largest absolute Gasteiger partial charge is 0.448 e. The molecule has 40 heavy (non-hydrogen) atoms. The molecule has 3 N–H and O–H groups in total. The summed E-state index contributed by atoms with van der Waals surface area (Å²) in [5, 5.41) is 16.4. The summed E-state index contributed by atoms with van der Waals surface area (Å²) in [6.45, 7) is 0.259. The number of amidine groups is 1. The average Bonchev–Trinajstić information content (AvgIpc) is 3.30. The molecule has 0 saturated heterocycles. The van der Waals surface area contributed by atoms with Crippen molar-refractivity contribution in [2.75, 3.05) is 17.2 Å². The first-order valence-electron chi connectivity index (χ1n) is 12.2. The number of hydrogen-bond acceptors (Lipinski definition) is 8. The topological polar surface area (TPSA) is 98.9 Å². The van der Waals surface area contributed by atoms with Gasteiger partial charge in [0.2, 0.25) is 0 Å². The van der Waals surface area contributed by atoms with Crippen molar-refractivity contribution in [3.8, 4) is 11.1 Å². The molecule has 0 fully saturated rings. The minimum Gasteiger partial charge on any atom is -0.448 e. The van der Waals surface area contributed by atoms with Crippen molar-refractivity contribution in [3.05, 3.63) is 108 Å². The summed E-state index contributed by atoms with van der Waals surface area (Å²) in [6, 6.07) is 30.8. The van der Waals surface area contributed by atoms with Gasteiger partial charge < -0.3 is 10.1 Å². The number of benzene rings is 4. The van der Waals surface area contributed by atoms with E-state index in [0.717, 1.165) is 11.4 Å². The maximum absolute atomic E-state index is 12.5. The molecular weight excluding hydrogens is 559 g/mol. The third kappa shape index (κ3) is 6.86. The van der Waals surface area contributed by atoms with Crippen molar-refractivity contribution in [2.45, 2.75) is 5.92 Å². The fourth-order valence-electron chi connectivity index (χ4n) is 4.36. The molecule has 4 aromatic rings. The quantitative estimate of drug-likeness (QED) is 0.0832. The summed E-state index contributed by atoms with van der Waals surface area (Å²) in [7, 11) is 2.55. The molecule has 0 unspecified atom stereocenters. The lowest BCUT2D eigenvalue weighted by atomic mass is 9.98. The Morgan fingerprint density at radius 3 is 2.08 bits per heavy atom. The van der Waals surface area contributed by atoms with E-state index in [1.54, 1.807) is 41.9 Å². The third-order valence-electron chi connectivity index (χ3n) is 6.13. The molecule has 0 atom stereocenters. The van der Waals surface area contributed by atoms with Crippen LogP contribution in [0.5, 0.6) is 0 Å². The first kappa shape index (κ1) is 27.4. The van der Waals surface area contributed by atoms with Crippen molar-refractivity contribution in [3.63, 3.8) is 0 Å². The summed E-state index contributed by atoms with van der Waals surface area (Å²) in [6.07, 6.45) is -0.503. The highest BCUT2D eigenvalue weighted by molar-refractivity contribution is 8.86. The van der Waals surface area contributed by atoms with Gasteiger partial charge in [0.05, 0.1) is 22.1 Å². The Kier molecular flexibility index (Phi) is 9.05. The van der Waals surface area contributed by atoms with E-state index >= 15 is 0 Å². The molecule has 7 nitrogen and oxygen atoms in total. The Hall–Kier alpha value is -4.21. The van der Waals surface area contributed by atoms with Crippen LogP contribution < -0.4 is 10.6 Å². The minimum absolute atomic E-state index is 0.0121. The molecule has 0 aromatic heterocycles. The predicted octanol–water partition coefficient (Wildman–Crippen LogP) is 8.87. The molecular formula is C30H23N5O2S3. The van der Waals surface area contributed by atoms with E-state index in [9.17, 15) is 4.79 Å². The number of ether oxygens (including phenoxy) is 1. The van der Waals surface area contributed by atoms with Gasteiger partial charge in [-0.3, -0.25) is 10.7 Å². The molecule has 1 aliphatic rings. The van der Waals surface area contributed by atoms with Crippen LogP contribution in [0.25, 0.3) is 11.1 Å². The maximum Gasteiger partial charge on any atom is 0.411 e. The van der Waals surface area contributed by atoms with Gasteiger partial charge in [-0.1, -0.05) is 48.5 Å². The van der Waals surface area contributed by atoms with E-state index in [-0.39, 0.29) is 17.7 Å². The van der Waals surface area contributed by atoms with Crippen LogP contribution in [0.3, 0.4) is 0 Å². The fraction of sp³-hybridized carbons (Fsp3) is 0.0667. The van der Waals surface area contributed by atoms with Crippen LogP contribution in [0, 0.1) is 5.41 Å². The van der Waals surface area contributed by atoms with Crippen molar-refractivity contribution >= 4 is 78.5 Å². The number of amides is 1. The van der Waals surface area contributed by atoms with Crippen LogP contribution in [-0.4, -0.2) is 28.6 Å². The lowest BCUT2D eigenvalue weighted by Crippen LogP contribution is -2.17. The smallest absolute Gasteiger partial charge is 0.411 e. The number of hydrogen-bond donors (Lipinski definition) is 3. The summed E-state index contributed by atoms with van der Waals surface area (Å²) >= 11 is 4.59. The fourth-order valence-corrected chi connectivity index (χ4v) is 5.60. The highest BCUT2D eigenvalue weighted by Gasteiger charge is 2.29. The number of nitrogens with zero attached hydrogens (tertiary/aromatic N) is 2.